The van der Waals surface area contributed by atoms with E-state index in [-0.39, 0.29) is 0 Å². The molecule has 0 N–H and O–H groups in total. The second kappa shape index (κ2) is 3.27. The van der Waals surface area contributed by atoms with Crippen molar-refractivity contribution in [2.45, 2.75) is 25.2 Å². The fourth-order valence-electron chi connectivity index (χ4n) is 3.02. The van der Waals surface area contributed by atoms with Gasteiger partial charge in [-0.2, -0.15) is 0 Å². The van der Waals surface area contributed by atoms with Gasteiger partial charge in [0.15, 0.2) is 0 Å². The summed E-state index contributed by atoms with van der Waals surface area (Å²) in [6.45, 7) is 0. The second-order valence-electron chi connectivity index (χ2n) is 4.64. The second-order valence-corrected chi connectivity index (χ2v) is 4.64. The molecule has 1 fully saturated rings. The molecule has 2 bridgehead atoms. The molecule has 0 spiro atoms. The molecule has 0 heterocycles. The first-order chi connectivity index (χ1) is 6.93. The van der Waals surface area contributed by atoms with Crippen molar-refractivity contribution >= 4 is 0 Å². The zero-order valence-electron chi connectivity index (χ0n) is 8.39. The number of hydrogen-bond donors (Lipinski definition) is 0. The van der Waals surface area contributed by atoms with Crippen molar-refractivity contribution < 1.29 is 0 Å². The molecule has 1 saturated carbocycles. The van der Waals surface area contributed by atoms with Crippen LogP contribution in [-0.2, 0) is 0 Å². The monoisotopic (exact) mass is 184 g/mol. The van der Waals surface area contributed by atoms with Crippen molar-refractivity contribution in [1.82, 2.24) is 0 Å². The molecule has 0 radical (unpaired) electrons. The van der Waals surface area contributed by atoms with E-state index in [0.29, 0.717) is 0 Å². The Kier molecular flexibility index (Phi) is 1.93. The average molecular weight is 184 g/mol. The molecule has 0 saturated heterocycles. The van der Waals surface area contributed by atoms with Crippen LogP contribution in [0.3, 0.4) is 0 Å². The van der Waals surface area contributed by atoms with Gasteiger partial charge in [-0.3, -0.25) is 0 Å². The molecule has 0 aliphatic heterocycles. The summed E-state index contributed by atoms with van der Waals surface area (Å²) in [5, 5.41) is 0. The van der Waals surface area contributed by atoms with Crippen LogP contribution < -0.4 is 0 Å². The lowest BCUT2D eigenvalue weighted by Gasteiger charge is -2.38. The standard InChI is InChI=1S/C14H16/c1-2-4-12(5-3-1)14-10-11-6-8-13(14)9-7-11/h1-6,8,11,13-14H,7,9-10H2/t11-,13+,14+/m0/s1. The summed E-state index contributed by atoms with van der Waals surface area (Å²) in [5.74, 6) is 2.49. The van der Waals surface area contributed by atoms with Crippen molar-refractivity contribution in [3.05, 3.63) is 48.0 Å². The van der Waals surface area contributed by atoms with E-state index in [0.717, 1.165) is 17.8 Å². The van der Waals surface area contributed by atoms with Gasteiger partial charge in [0.2, 0.25) is 0 Å². The summed E-state index contributed by atoms with van der Waals surface area (Å²) >= 11 is 0. The molecule has 0 heteroatoms. The molecule has 1 aromatic carbocycles. The van der Waals surface area contributed by atoms with Gasteiger partial charge < -0.3 is 0 Å². The molecule has 3 atom stereocenters. The zero-order valence-corrected chi connectivity index (χ0v) is 8.39. The normalized spacial score (nSPS) is 34.7. The highest BCUT2D eigenvalue weighted by Gasteiger charge is 2.32. The average Bonchev–Trinajstić information content (AvgIpc) is 2.32. The fraction of sp³-hybridized carbons (Fsp3) is 0.429. The van der Waals surface area contributed by atoms with Gasteiger partial charge in [0.25, 0.3) is 0 Å². The van der Waals surface area contributed by atoms with E-state index in [1.54, 1.807) is 5.56 Å². The maximum Gasteiger partial charge on any atom is -0.00934 e. The van der Waals surface area contributed by atoms with Crippen molar-refractivity contribution in [3.8, 4) is 0 Å². The van der Waals surface area contributed by atoms with Crippen molar-refractivity contribution in [2.24, 2.45) is 11.8 Å². The van der Waals surface area contributed by atoms with Crippen LogP contribution in [0.2, 0.25) is 0 Å². The minimum absolute atomic E-state index is 0.806. The summed E-state index contributed by atoms with van der Waals surface area (Å²) in [7, 11) is 0. The molecule has 14 heavy (non-hydrogen) atoms. The zero-order chi connectivity index (χ0) is 9.38. The van der Waals surface area contributed by atoms with Crippen LogP contribution in [-0.4, -0.2) is 0 Å². The van der Waals surface area contributed by atoms with E-state index < -0.39 is 0 Å². The number of fused-ring (bicyclic) bond motifs is 2. The Labute approximate surface area is 85.6 Å². The lowest BCUT2D eigenvalue weighted by atomic mass is 9.67. The van der Waals surface area contributed by atoms with E-state index in [9.17, 15) is 0 Å². The Hall–Kier alpha value is -1.04. The third-order valence-electron chi connectivity index (χ3n) is 3.80. The molecule has 3 aliphatic rings. The van der Waals surface area contributed by atoms with Crippen molar-refractivity contribution in [1.29, 1.82) is 0 Å². The van der Waals surface area contributed by atoms with E-state index in [1.165, 1.54) is 19.3 Å². The van der Waals surface area contributed by atoms with Gasteiger partial charge in [0, 0.05) is 0 Å². The largest absolute Gasteiger partial charge is 0.0851 e. The van der Waals surface area contributed by atoms with Gasteiger partial charge in [-0.05, 0) is 42.6 Å². The SMILES string of the molecule is C1=C[C@@H]2CC[C@H]1C[C@@H]2c1ccccc1. The summed E-state index contributed by atoms with van der Waals surface area (Å²) in [4.78, 5) is 0. The van der Waals surface area contributed by atoms with Gasteiger partial charge in [-0.15, -0.1) is 0 Å². The first-order valence-electron chi connectivity index (χ1n) is 5.67. The van der Waals surface area contributed by atoms with Gasteiger partial charge in [-0.1, -0.05) is 42.5 Å². The smallest absolute Gasteiger partial charge is 0.00934 e. The van der Waals surface area contributed by atoms with Crippen LogP contribution >= 0.6 is 0 Å². The Morgan fingerprint density at radius 1 is 0.929 bits per heavy atom. The molecule has 0 unspecified atom stereocenters. The Morgan fingerprint density at radius 3 is 2.36 bits per heavy atom. The number of allylic oxidation sites excluding steroid dienone is 2. The summed E-state index contributed by atoms with van der Waals surface area (Å²) in [6.07, 6.45) is 9.10. The minimum Gasteiger partial charge on any atom is -0.0851 e. The maximum absolute atomic E-state index is 2.45. The van der Waals surface area contributed by atoms with Crippen molar-refractivity contribution in [2.75, 3.05) is 0 Å². The van der Waals surface area contributed by atoms with Crippen LogP contribution in [0.25, 0.3) is 0 Å². The highest BCUT2D eigenvalue weighted by Crippen LogP contribution is 2.45. The molecule has 0 nitrogen and oxygen atoms in total. The Balaban J connectivity index is 1.91. The van der Waals surface area contributed by atoms with E-state index >= 15 is 0 Å². The lowest BCUT2D eigenvalue weighted by Crippen LogP contribution is -2.25. The molecule has 3 aliphatic carbocycles. The highest BCUT2D eigenvalue weighted by atomic mass is 14.4. The fourth-order valence-corrected chi connectivity index (χ4v) is 3.02. The van der Waals surface area contributed by atoms with Gasteiger partial charge in [0.05, 0.1) is 0 Å². The van der Waals surface area contributed by atoms with Crippen LogP contribution in [0.5, 0.6) is 0 Å². The number of rotatable bonds is 1. The highest BCUT2D eigenvalue weighted by molar-refractivity contribution is 5.25. The van der Waals surface area contributed by atoms with Crippen LogP contribution in [0, 0.1) is 11.8 Å². The third-order valence-corrected chi connectivity index (χ3v) is 3.80. The van der Waals surface area contributed by atoms with Gasteiger partial charge in [-0.25, -0.2) is 0 Å². The molecule has 0 aromatic heterocycles. The molecule has 72 valence electrons. The van der Waals surface area contributed by atoms with Crippen LogP contribution in [0.4, 0.5) is 0 Å². The van der Waals surface area contributed by atoms with Crippen LogP contribution in [0.15, 0.2) is 42.5 Å². The molecule has 1 aromatic rings. The first kappa shape index (κ1) is 8.28. The topological polar surface area (TPSA) is 0 Å². The van der Waals surface area contributed by atoms with Gasteiger partial charge >= 0.3 is 0 Å². The minimum atomic E-state index is 0.806. The maximum atomic E-state index is 2.45. The molecular weight excluding hydrogens is 168 g/mol. The lowest BCUT2D eigenvalue weighted by molar-refractivity contribution is 0.284. The van der Waals surface area contributed by atoms with Crippen molar-refractivity contribution in [3.63, 3.8) is 0 Å². The molecular formula is C14H16. The van der Waals surface area contributed by atoms with Crippen LogP contribution in [0.1, 0.15) is 30.7 Å². The predicted molar refractivity (Wildman–Crippen MR) is 59.2 cm³/mol. The Bertz CT molecular complexity index is 336. The summed E-state index contributed by atoms with van der Waals surface area (Å²) in [6, 6.07) is 11.0. The predicted octanol–water partition coefficient (Wildman–Crippen LogP) is 3.76. The quantitative estimate of drug-likeness (QED) is 0.583. The summed E-state index contributed by atoms with van der Waals surface area (Å²) in [5.41, 5.74) is 1.55. The number of hydrogen-bond acceptors (Lipinski definition) is 0. The third kappa shape index (κ3) is 1.30. The van der Waals surface area contributed by atoms with E-state index in [4.69, 9.17) is 0 Å². The molecule has 0 amide bonds. The Morgan fingerprint density at radius 2 is 1.79 bits per heavy atom. The van der Waals surface area contributed by atoms with Gasteiger partial charge in [0.1, 0.15) is 0 Å². The van der Waals surface area contributed by atoms with E-state index in [1.807, 2.05) is 0 Å². The van der Waals surface area contributed by atoms with E-state index in [2.05, 4.69) is 42.5 Å². The first-order valence-corrected chi connectivity index (χ1v) is 5.67. The number of benzene rings is 1. The molecule has 4 rings (SSSR count). The summed E-state index contributed by atoms with van der Waals surface area (Å²) < 4.78 is 0.